The van der Waals surface area contributed by atoms with Crippen LogP contribution in [0, 0.1) is 6.92 Å². The molecule has 0 aliphatic heterocycles. The molecule has 1 aromatic heterocycles. The number of aromatic nitrogens is 2. The molecule has 0 atom stereocenters. The fourth-order valence-corrected chi connectivity index (χ4v) is 1.90. The highest BCUT2D eigenvalue weighted by Gasteiger charge is 2.07. The van der Waals surface area contributed by atoms with Gasteiger partial charge in [-0.2, -0.15) is 5.10 Å². The van der Waals surface area contributed by atoms with Crippen LogP contribution in [0.1, 0.15) is 17.7 Å². The normalized spacial score (nSPS) is 11.2. The zero-order chi connectivity index (χ0) is 18.2. The van der Waals surface area contributed by atoms with Crippen molar-refractivity contribution >= 4 is 17.7 Å². The monoisotopic (exact) mass is 345 g/mol. The van der Waals surface area contributed by atoms with Gasteiger partial charge in [0.15, 0.2) is 12.4 Å². The lowest BCUT2D eigenvalue weighted by Crippen LogP contribution is -2.20. The number of amides is 1. The van der Waals surface area contributed by atoms with Gasteiger partial charge in [0, 0.05) is 17.5 Å². The number of primary amides is 1. The Morgan fingerprint density at radius 1 is 1.20 bits per heavy atom. The number of oxime groups is 1. The van der Waals surface area contributed by atoms with Crippen molar-refractivity contribution < 1.29 is 19.2 Å². The fourth-order valence-electron chi connectivity index (χ4n) is 1.90. The average Bonchev–Trinajstić information content (AvgIpc) is 3.01. The lowest BCUT2D eigenvalue weighted by atomic mass is 10.2. The summed E-state index contributed by atoms with van der Waals surface area (Å²) in [7, 11) is 0. The first-order valence-corrected chi connectivity index (χ1v) is 7.49. The van der Waals surface area contributed by atoms with E-state index in [0.717, 1.165) is 5.69 Å². The van der Waals surface area contributed by atoms with Crippen LogP contribution in [-0.2, 0) is 21.0 Å². The van der Waals surface area contributed by atoms with Gasteiger partial charge in [-0.15, -0.1) is 0 Å². The molecule has 0 radical (unpaired) electrons. The summed E-state index contributed by atoms with van der Waals surface area (Å²) in [6.45, 7) is 2.08. The third-order valence-corrected chi connectivity index (χ3v) is 3.23. The van der Waals surface area contributed by atoms with Crippen LogP contribution in [0.4, 0.5) is 0 Å². The fraction of sp³-hybridized carbons (Fsp3) is 0.250. The van der Waals surface area contributed by atoms with E-state index < -0.39 is 11.9 Å². The number of benzene rings is 1. The van der Waals surface area contributed by atoms with Crippen LogP contribution in [-0.4, -0.2) is 34.1 Å². The van der Waals surface area contributed by atoms with Gasteiger partial charge >= 0.3 is 5.97 Å². The largest absolute Gasteiger partial charge is 0.484 e. The van der Waals surface area contributed by atoms with Crippen LogP contribution in [0.5, 0.6) is 5.75 Å². The third kappa shape index (κ3) is 5.65. The number of carbonyl (C=O) groups excluding carboxylic acids is 2. The number of hydrogen-bond acceptors (Lipinski definition) is 6. The maximum atomic E-state index is 11.7. The summed E-state index contributed by atoms with van der Waals surface area (Å²) in [6.07, 6.45) is 1.78. The van der Waals surface area contributed by atoms with Crippen LogP contribution in [0.2, 0.25) is 0 Å². The highest BCUT2D eigenvalue weighted by molar-refractivity contribution is 5.97. The number of rotatable bonds is 8. The quantitative estimate of drug-likeness (QED) is 0.306. The van der Waals surface area contributed by atoms with Crippen LogP contribution in [0.25, 0.3) is 0 Å². The maximum absolute atomic E-state index is 11.7. The van der Waals surface area contributed by atoms with E-state index >= 15 is 0 Å². The van der Waals surface area contributed by atoms with Crippen LogP contribution in [0.3, 0.4) is 0 Å². The van der Waals surface area contributed by atoms with Gasteiger partial charge < -0.3 is 21.0 Å². The molecule has 9 nitrogen and oxygen atoms in total. The number of hydrogen-bond donors (Lipinski definition) is 2. The standard InChI is InChI=1S/C16H19N5O4/c1-11-6-8-19-21(11)9-7-15(23)25-20-16(18)12-2-4-13(5-3-12)24-10-14(17)22/h2-6,8H,7,9-10H2,1H3,(H2,17,22)(H2,18,20). The molecule has 0 fully saturated rings. The number of amidine groups is 1. The van der Waals surface area contributed by atoms with Gasteiger partial charge in [0.2, 0.25) is 0 Å². The number of ether oxygens (including phenoxy) is 1. The molecule has 2 aromatic rings. The first kappa shape index (κ1) is 18.0. The molecule has 0 aliphatic rings. The Balaban J connectivity index is 1.84. The lowest BCUT2D eigenvalue weighted by Gasteiger charge is -2.05. The zero-order valence-electron chi connectivity index (χ0n) is 13.7. The van der Waals surface area contributed by atoms with Crippen molar-refractivity contribution in [1.82, 2.24) is 9.78 Å². The first-order valence-electron chi connectivity index (χ1n) is 7.49. The van der Waals surface area contributed by atoms with Crippen molar-refractivity contribution in [2.45, 2.75) is 19.9 Å². The number of carbonyl (C=O) groups is 2. The molecule has 1 amide bonds. The molecular formula is C16H19N5O4. The van der Waals surface area contributed by atoms with E-state index in [9.17, 15) is 9.59 Å². The third-order valence-electron chi connectivity index (χ3n) is 3.23. The van der Waals surface area contributed by atoms with E-state index in [1.807, 2.05) is 13.0 Å². The van der Waals surface area contributed by atoms with Gasteiger partial charge in [0.25, 0.3) is 5.91 Å². The SMILES string of the molecule is Cc1ccnn1CCC(=O)O/N=C(\N)c1ccc(OCC(N)=O)cc1. The second-order valence-electron chi connectivity index (χ2n) is 5.16. The van der Waals surface area contributed by atoms with Gasteiger partial charge in [0.05, 0.1) is 13.0 Å². The molecule has 0 spiro atoms. The molecule has 0 saturated heterocycles. The van der Waals surface area contributed by atoms with Gasteiger partial charge in [-0.3, -0.25) is 9.48 Å². The Morgan fingerprint density at radius 2 is 1.92 bits per heavy atom. The van der Waals surface area contributed by atoms with Gasteiger partial charge in [-0.25, -0.2) is 4.79 Å². The molecule has 0 unspecified atom stereocenters. The minimum atomic E-state index is -0.567. The van der Waals surface area contributed by atoms with E-state index in [1.165, 1.54) is 0 Å². The van der Waals surface area contributed by atoms with E-state index in [4.69, 9.17) is 21.0 Å². The molecular weight excluding hydrogens is 326 g/mol. The molecule has 0 saturated carbocycles. The summed E-state index contributed by atoms with van der Waals surface area (Å²) in [4.78, 5) is 27.1. The molecule has 0 aliphatic carbocycles. The van der Waals surface area contributed by atoms with Crippen molar-refractivity contribution in [3.05, 3.63) is 47.8 Å². The molecule has 9 heteroatoms. The van der Waals surface area contributed by atoms with Gasteiger partial charge in [-0.1, -0.05) is 5.16 Å². The Hall–Kier alpha value is -3.36. The summed E-state index contributed by atoms with van der Waals surface area (Å²) in [5.41, 5.74) is 12.3. The second kappa shape index (κ2) is 8.48. The Bertz CT molecular complexity index is 767. The summed E-state index contributed by atoms with van der Waals surface area (Å²) in [5, 5.41) is 7.69. The minimum absolute atomic E-state index is 0.0464. The van der Waals surface area contributed by atoms with E-state index in [0.29, 0.717) is 17.9 Å². The van der Waals surface area contributed by atoms with Crippen molar-refractivity contribution in [2.75, 3.05) is 6.61 Å². The maximum Gasteiger partial charge on any atom is 0.336 e. The van der Waals surface area contributed by atoms with Crippen molar-refractivity contribution in [3.8, 4) is 5.75 Å². The first-order chi connectivity index (χ1) is 12.0. The molecule has 1 heterocycles. The molecule has 2 rings (SSSR count). The average molecular weight is 345 g/mol. The van der Waals surface area contributed by atoms with Crippen LogP contribution < -0.4 is 16.2 Å². The zero-order valence-corrected chi connectivity index (χ0v) is 13.7. The number of nitrogens with two attached hydrogens (primary N) is 2. The second-order valence-corrected chi connectivity index (χ2v) is 5.16. The summed E-state index contributed by atoms with van der Waals surface area (Å²) < 4.78 is 6.82. The van der Waals surface area contributed by atoms with E-state index in [1.54, 1.807) is 35.1 Å². The Morgan fingerprint density at radius 3 is 2.52 bits per heavy atom. The number of nitrogens with zero attached hydrogens (tertiary/aromatic N) is 3. The molecule has 132 valence electrons. The number of aryl methyl sites for hydroxylation is 2. The lowest BCUT2D eigenvalue weighted by molar-refractivity contribution is -0.144. The predicted molar refractivity (Wildman–Crippen MR) is 89.5 cm³/mol. The topological polar surface area (TPSA) is 135 Å². The van der Waals surface area contributed by atoms with E-state index in [-0.39, 0.29) is 18.9 Å². The van der Waals surface area contributed by atoms with Crippen LogP contribution in [0.15, 0.2) is 41.7 Å². The molecule has 25 heavy (non-hydrogen) atoms. The summed E-state index contributed by atoms with van der Waals surface area (Å²) in [6, 6.07) is 8.29. The Kier molecular flexibility index (Phi) is 6.10. The molecule has 0 bridgehead atoms. The molecule has 1 aromatic carbocycles. The molecule has 4 N–H and O–H groups in total. The minimum Gasteiger partial charge on any atom is -0.484 e. The van der Waals surface area contributed by atoms with Gasteiger partial charge in [0.1, 0.15) is 5.75 Å². The van der Waals surface area contributed by atoms with Crippen molar-refractivity contribution in [3.63, 3.8) is 0 Å². The summed E-state index contributed by atoms with van der Waals surface area (Å²) in [5.74, 6) is -0.575. The van der Waals surface area contributed by atoms with Gasteiger partial charge in [-0.05, 0) is 37.3 Å². The van der Waals surface area contributed by atoms with Crippen molar-refractivity contribution in [2.24, 2.45) is 16.6 Å². The van der Waals surface area contributed by atoms with E-state index in [2.05, 4.69) is 10.3 Å². The highest BCUT2D eigenvalue weighted by Crippen LogP contribution is 2.12. The predicted octanol–water partition coefficient (Wildman–Crippen LogP) is 0.309. The summed E-state index contributed by atoms with van der Waals surface area (Å²) >= 11 is 0. The van der Waals surface area contributed by atoms with Crippen LogP contribution >= 0.6 is 0 Å². The highest BCUT2D eigenvalue weighted by atomic mass is 16.7. The Labute approximate surface area is 144 Å². The smallest absolute Gasteiger partial charge is 0.336 e. The van der Waals surface area contributed by atoms with Crippen molar-refractivity contribution in [1.29, 1.82) is 0 Å².